The monoisotopic (exact) mass is 566 g/mol. The number of aryl methyl sites for hydroxylation is 1. The molecule has 2 aromatic carbocycles. The minimum Gasteiger partial charge on any atom is -0.469 e. The molecule has 3 aromatic rings. The number of methoxy groups -OCH3 is 1. The summed E-state index contributed by atoms with van der Waals surface area (Å²) in [6.45, 7) is 2.91. The van der Waals surface area contributed by atoms with Gasteiger partial charge in [0.05, 0.1) is 13.5 Å². The molecule has 0 bridgehead atoms. The highest BCUT2D eigenvalue weighted by molar-refractivity contribution is 5.73. The van der Waals surface area contributed by atoms with E-state index in [2.05, 4.69) is 27.1 Å². The molecule has 8 nitrogen and oxygen atoms in total. The van der Waals surface area contributed by atoms with Crippen molar-refractivity contribution in [2.45, 2.75) is 44.7 Å². The van der Waals surface area contributed by atoms with Crippen LogP contribution in [0.3, 0.4) is 0 Å². The van der Waals surface area contributed by atoms with Crippen molar-refractivity contribution in [3.05, 3.63) is 82.2 Å². The average molecular weight is 567 g/mol. The summed E-state index contributed by atoms with van der Waals surface area (Å²) >= 11 is 0. The molecule has 0 saturated carbocycles. The van der Waals surface area contributed by atoms with Crippen LogP contribution in [0.2, 0.25) is 0 Å². The molecule has 11 heteroatoms. The SMILES string of the molecule is CCc1cc(C2CCN(C(=O)O)CC2)ccc1Nc1ncc(C(F)(F)F)c(C#Cc2ccccc2CC(=O)OC)n1. The van der Waals surface area contributed by atoms with Gasteiger partial charge in [-0.1, -0.05) is 43.2 Å². The number of halogens is 3. The summed E-state index contributed by atoms with van der Waals surface area (Å²) < 4.78 is 46.0. The number of amides is 1. The fourth-order valence-corrected chi connectivity index (χ4v) is 4.70. The Labute approximate surface area is 235 Å². The Bertz CT molecular complexity index is 1490. The average Bonchev–Trinajstić information content (AvgIpc) is 2.96. The number of nitrogens with zero attached hydrogens (tertiary/aromatic N) is 3. The van der Waals surface area contributed by atoms with Crippen molar-refractivity contribution in [1.82, 2.24) is 14.9 Å². The summed E-state index contributed by atoms with van der Waals surface area (Å²) in [5.41, 5.74) is 2.01. The van der Waals surface area contributed by atoms with Crippen LogP contribution in [0.5, 0.6) is 0 Å². The maximum absolute atomic E-state index is 13.8. The molecule has 2 N–H and O–H groups in total. The number of hydrogen-bond acceptors (Lipinski definition) is 6. The smallest absolute Gasteiger partial charge is 0.420 e. The minimum atomic E-state index is -4.72. The van der Waals surface area contributed by atoms with Gasteiger partial charge in [0.1, 0.15) is 11.3 Å². The minimum absolute atomic E-state index is 0.0395. The number of benzene rings is 2. The Balaban J connectivity index is 1.61. The number of piperidine rings is 1. The third-order valence-corrected chi connectivity index (χ3v) is 6.98. The molecule has 214 valence electrons. The predicted octanol–water partition coefficient (Wildman–Crippen LogP) is 5.77. The number of carbonyl (C=O) groups is 2. The third kappa shape index (κ3) is 7.33. The van der Waals surface area contributed by atoms with Gasteiger partial charge in [-0.15, -0.1) is 0 Å². The lowest BCUT2D eigenvalue weighted by Gasteiger charge is -2.30. The Morgan fingerprint density at radius 1 is 1.12 bits per heavy atom. The van der Waals surface area contributed by atoms with Crippen LogP contribution in [0.4, 0.5) is 29.6 Å². The van der Waals surface area contributed by atoms with Gasteiger partial charge in [-0.2, -0.15) is 13.2 Å². The van der Waals surface area contributed by atoms with Crippen molar-refractivity contribution in [1.29, 1.82) is 0 Å². The van der Waals surface area contributed by atoms with Gasteiger partial charge in [-0.05, 0) is 59.9 Å². The number of carbonyl (C=O) groups excluding carboxylic acids is 1. The number of carboxylic acid groups (broad SMARTS) is 1. The molecule has 1 fully saturated rings. The molecule has 4 rings (SSSR count). The van der Waals surface area contributed by atoms with Gasteiger partial charge in [0.25, 0.3) is 0 Å². The third-order valence-electron chi connectivity index (χ3n) is 6.98. The van der Waals surface area contributed by atoms with E-state index in [0.717, 1.165) is 24.0 Å². The van der Waals surface area contributed by atoms with Crippen LogP contribution in [0.25, 0.3) is 0 Å². The molecule has 1 aromatic heterocycles. The molecular formula is C30H29F3N4O4. The number of ether oxygens (including phenoxy) is 1. The molecule has 1 amide bonds. The molecule has 2 heterocycles. The highest BCUT2D eigenvalue weighted by Gasteiger charge is 2.35. The van der Waals surface area contributed by atoms with Gasteiger partial charge in [-0.25, -0.2) is 14.8 Å². The number of nitrogens with one attached hydrogen (secondary N) is 1. The first-order chi connectivity index (χ1) is 19.6. The fourth-order valence-electron chi connectivity index (χ4n) is 4.70. The summed E-state index contributed by atoms with van der Waals surface area (Å²) in [6, 6.07) is 12.5. The van der Waals surface area contributed by atoms with Crippen molar-refractivity contribution in [3.63, 3.8) is 0 Å². The van der Waals surface area contributed by atoms with E-state index in [1.165, 1.54) is 12.0 Å². The Hall–Kier alpha value is -4.59. The van der Waals surface area contributed by atoms with Crippen LogP contribution in [-0.2, 0) is 28.5 Å². The first-order valence-electron chi connectivity index (χ1n) is 13.1. The van der Waals surface area contributed by atoms with E-state index < -0.39 is 29.5 Å². The highest BCUT2D eigenvalue weighted by Crippen LogP contribution is 2.33. The van der Waals surface area contributed by atoms with Gasteiger partial charge in [0, 0.05) is 30.5 Å². The maximum Gasteiger partial charge on any atom is 0.420 e. The van der Waals surface area contributed by atoms with Crippen molar-refractivity contribution >= 4 is 23.7 Å². The molecular weight excluding hydrogens is 537 g/mol. The number of hydrogen-bond donors (Lipinski definition) is 2. The second-order valence-electron chi connectivity index (χ2n) is 9.55. The zero-order valence-corrected chi connectivity index (χ0v) is 22.6. The van der Waals surface area contributed by atoms with Gasteiger partial charge in [0.15, 0.2) is 0 Å². The van der Waals surface area contributed by atoms with Gasteiger partial charge >= 0.3 is 18.2 Å². The van der Waals surface area contributed by atoms with Crippen LogP contribution in [0.15, 0.2) is 48.7 Å². The Morgan fingerprint density at radius 2 is 1.85 bits per heavy atom. The summed E-state index contributed by atoms with van der Waals surface area (Å²) in [4.78, 5) is 32.4. The molecule has 1 aliphatic rings. The van der Waals surface area contributed by atoms with E-state index in [1.807, 2.05) is 25.1 Å². The number of rotatable bonds is 6. The van der Waals surface area contributed by atoms with Gasteiger partial charge < -0.3 is 20.1 Å². The lowest BCUT2D eigenvalue weighted by Crippen LogP contribution is -2.36. The van der Waals surface area contributed by atoms with Crippen molar-refractivity contribution in [2.75, 3.05) is 25.5 Å². The fraction of sp³-hybridized carbons (Fsp3) is 0.333. The maximum atomic E-state index is 13.8. The number of anilines is 2. The first kappa shape index (κ1) is 29.4. The second kappa shape index (κ2) is 12.7. The van der Waals surface area contributed by atoms with Crippen molar-refractivity contribution < 1.29 is 32.6 Å². The van der Waals surface area contributed by atoms with Crippen molar-refractivity contribution in [3.8, 4) is 11.8 Å². The van der Waals surface area contributed by atoms with Gasteiger partial charge in [0.2, 0.25) is 5.95 Å². The molecule has 0 aliphatic carbocycles. The van der Waals surface area contributed by atoms with Gasteiger partial charge in [-0.3, -0.25) is 4.79 Å². The van der Waals surface area contributed by atoms with E-state index in [0.29, 0.717) is 42.5 Å². The van der Waals surface area contributed by atoms with Crippen molar-refractivity contribution in [2.24, 2.45) is 0 Å². The van der Waals surface area contributed by atoms with E-state index in [-0.39, 0.29) is 18.3 Å². The standard InChI is InChI=1S/C30H29F3N4O4/c1-3-19-16-23(21-12-14-37(15-13-21)29(39)40)9-10-25(19)35-28-34-18-24(30(31,32)33)26(36-28)11-8-20-6-4-5-7-22(20)17-27(38)41-2/h4-7,9-10,16,18,21H,3,12-15,17H2,1-2H3,(H,39,40)(H,34,35,36). The molecule has 1 saturated heterocycles. The molecule has 0 radical (unpaired) electrons. The predicted molar refractivity (Wildman–Crippen MR) is 146 cm³/mol. The summed E-state index contributed by atoms with van der Waals surface area (Å²) in [6.07, 6.45) is -2.92. The molecule has 0 spiro atoms. The second-order valence-corrected chi connectivity index (χ2v) is 9.55. The Kier molecular flexibility index (Phi) is 9.12. The summed E-state index contributed by atoms with van der Waals surface area (Å²) in [5.74, 6) is 4.94. The number of likely N-dealkylation sites (tertiary alicyclic amines) is 1. The van der Waals surface area contributed by atoms with Crippen LogP contribution in [0, 0.1) is 11.8 Å². The van der Waals surface area contributed by atoms with Crippen LogP contribution in [0.1, 0.15) is 59.2 Å². The van der Waals surface area contributed by atoms with Crippen LogP contribution >= 0.6 is 0 Å². The number of esters is 1. The zero-order valence-electron chi connectivity index (χ0n) is 22.6. The lowest BCUT2D eigenvalue weighted by molar-refractivity contribution is -0.140. The Morgan fingerprint density at radius 3 is 2.51 bits per heavy atom. The van der Waals surface area contributed by atoms with E-state index in [1.54, 1.807) is 24.3 Å². The largest absolute Gasteiger partial charge is 0.469 e. The molecule has 1 aliphatic heterocycles. The van der Waals surface area contributed by atoms with Crippen LogP contribution in [-0.4, -0.2) is 52.2 Å². The topological polar surface area (TPSA) is 105 Å². The molecule has 0 unspecified atom stereocenters. The first-order valence-corrected chi connectivity index (χ1v) is 13.1. The van der Waals surface area contributed by atoms with E-state index >= 15 is 0 Å². The zero-order chi connectivity index (χ0) is 29.6. The lowest BCUT2D eigenvalue weighted by atomic mass is 9.88. The number of aromatic nitrogens is 2. The highest BCUT2D eigenvalue weighted by atomic mass is 19.4. The summed E-state index contributed by atoms with van der Waals surface area (Å²) in [7, 11) is 1.25. The molecule has 0 atom stereocenters. The van der Waals surface area contributed by atoms with E-state index in [4.69, 9.17) is 4.74 Å². The molecule has 41 heavy (non-hydrogen) atoms. The van der Waals surface area contributed by atoms with Crippen LogP contribution < -0.4 is 5.32 Å². The normalized spacial score (nSPS) is 13.7. The quantitative estimate of drug-likeness (QED) is 0.288. The number of alkyl halides is 3. The summed E-state index contributed by atoms with van der Waals surface area (Å²) in [5, 5.41) is 12.2. The van der Waals surface area contributed by atoms with E-state index in [9.17, 15) is 27.9 Å².